The summed E-state index contributed by atoms with van der Waals surface area (Å²) < 4.78 is 13.7. The van der Waals surface area contributed by atoms with Crippen molar-refractivity contribution in [3.63, 3.8) is 0 Å². The first-order valence-electron chi connectivity index (χ1n) is 11.2. The van der Waals surface area contributed by atoms with Gasteiger partial charge in [-0.25, -0.2) is 9.37 Å². The number of aromatic nitrogens is 3. The SMILES string of the molecule is C=C(Nc1nccc(-c2cccc(F)c2)c1C)c1n[nH]/c(=C/C=C(\C)C2CCNCC2)c1=C. The van der Waals surface area contributed by atoms with Crippen LogP contribution in [0.3, 0.4) is 0 Å². The van der Waals surface area contributed by atoms with Crippen molar-refractivity contribution in [1.82, 2.24) is 20.5 Å². The molecule has 4 rings (SSSR count). The number of nitrogens with zero attached hydrogens (tertiary/aromatic N) is 2. The molecule has 1 saturated heterocycles. The van der Waals surface area contributed by atoms with E-state index in [1.54, 1.807) is 12.3 Å². The maximum Gasteiger partial charge on any atom is 0.133 e. The van der Waals surface area contributed by atoms with E-state index in [4.69, 9.17) is 0 Å². The standard InChI is InChI=1S/C27H30FN5/c1-17(21-10-13-29-14-11-21)8-9-25-19(3)26(33-32-25)20(4)31-27-18(2)24(12-15-30-27)22-6-5-7-23(28)16-22/h5-9,12,15-16,21,29,32H,3-4,10-11,13-14H2,1-2H3,(H,30,31)/b17-8+,25-9+. The predicted octanol–water partition coefficient (Wildman–Crippen LogP) is 4.14. The second-order valence-corrected chi connectivity index (χ2v) is 8.51. The first kappa shape index (κ1) is 22.7. The van der Waals surface area contributed by atoms with Gasteiger partial charge in [-0.15, -0.1) is 0 Å². The van der Waals surface area contributed by atoms with Gasteiger partial charge >= 0.3 is 0 Å². The van der Waals surface area contributed by atoms with Gasteiger partial charge in [-0.1, -0.05) is 36.9 Å². The number of anilines is 1. The third-order valence-electron chi connectivity index (χ3n) is 6.29. The fourth-order valence-corrected chi connectivity index (χ4v) is 4.23. The summed E-state index contributed by atoms with van der Waals surface area (Å²) in [6.07, 6.45) is 8.24. The van der Waals surface area contributed by atoms with Crippen molar-refractivity contribution in [2.24, 2.45) is 5.92 Å². The molecule has 1 fully saturated rings. The minimum absolute atomic E-state index is 0.269. The van der Waals surface area contributed by atoms with Crippen molar-refractivity contribution < 1.29 is 4.39 Å². The quantitative estimate of drug-likeness (QED) is 0.536. The summed E-state index contributed by atoms with van der Waals surface area (Å²) in [7, 11) is 0. The van der Waals surface area contributed by atoms with Crippen LogP contribution in [0.2, 0.25) is 0 Å². The summed E-state index contributed by atoms with van der Waals surface area (Å²) >= 11 is 0. The maximum absolute atomic E-state index is 13.7. The Labute approximate surface area is 193 Å². The average molecular weight is 444 g/mol. The number of halogens is 1. The lowest BCUT2D eigenvalue weighted by molar-refractivity contribution is 0.420. The third-order valence-corrected chi connectivity index (χ3v) is 6.29. The van der Waals surface area contributed by atoms with Gasteiger partial charge in [0.25, 0.3) is 0 Å². The van der Waals surface area contributed by atoms with Crippen LogP contribution in [0.4, 0.5) is 10.2 Å². The Hall–Kier alpha value is -3.51. The van der Waals surface area contributed by atoms with Gasteiger partial charge in [0.15, 0.2) is 0 Å². The molecule has 0 spiro atoms. The van der Waals surface area contributed by atoms with Gasteiger partial charge < -0.3 is 10.6 Å². The van der Waals surface area contributed by atoms with E-state index < -0.39 is 0 Å². The number of hydrogen-bond donors (Lipinski definition) is 3. The molecule has 2 aromatic heterocycles. The van der Waals surface area contributed by atoms with Crippen molar-refractivity contribution >= 4 is 24.2 Å². The van der Waals surface area contributed by atoms with Crippen molar-refractivity contribution in [1.29, 1.82) is 0 Å². The van der Waals surface area contributed by atoms with Crippen LogP contribution < -0.4 is 21.2 Å². The number of aromatic amines is 1. The number of hydrogen-bond acceptors (Lipinski definition) is 4. The molecule has 3 aromatic rings. The number of nitrogens with one attached hydrogen (secondary N) is 3. The Balaban J connectivity index is 1.55. The highest BCUT2D eigenvalue weighted by Gasteiger charge is 2.14. The van der Waals surface area contributed by atoms with E-state index in [0.717, 1.165) is 40.3 Å². The third kappa shape index (κ3) is 5.12. The zero-order valence-electron chi connectivity index (χ0n) is 19.2. The fraction of sp³-hybridized carbons (Fsp3) is 0.259. The molecule has 0 bridgehead atoms. The molecule has 1 aliphatic heterocycles. The molecule has 5 nitrogen and oxygen atoms in total. The van der Waals surface area contributed by atoms with Gasteiger partial charge in [0.1, 0.15) is 17.3 Å². The number of allylic oxidation sites excluding steroid dienone is 2. The summed E-state index contributed by atoms with van der Waals surface area (Å²) in [5.41, 5.74) is 5.24. The second-order valence-electron chi connectivity index (χ2n) is 8.51. The molecular formula is C27H30FN5. The zero-order valence-corrected chi connectivity index (χ0v) is 19.2. The Morgan fingerprint density at radius 2 is 2.03 bits per heavy atom. The van der Waals surface area contributed by atoms with Crippen molar-refractivity contribution in [2.45, 2.75) is 26.7 Å². The molecule has 0 aliphatic carbocycles. The zero-order chi connectivity index (χ0) is 23.4. The van der Waals surface area contributed by atoms with E-state index in [1.807, 2.05) is 25.1 Å². The number of benzene rings is 1. The van der Waals surface area contributed by atoms with Crippen molar-refractivity contribution in [3.8, 4) is 11.1 Å². The fourth-order valence-electron chi connectivity index (χ4n) is 4.23. The van der Waals surface area contributed by atoms with Gasteiger partial charge in [-0.2, -0.15) is 5.10 Å². The summed E-state index contributed by atoms with van der Waals surface area (Å²) in [5.74, 6) is 1.000. The Bertz CT molecular complexity index is 1300. The molecule has 33 heavy (non-hydrogen) atoms. The minimum atomic E-state index is -0.269. The topological polar surface area (TPSA) is 65.6 Å². The number of piperidine rings is 1. The predicted molar refractivity (Wildman–Crippen MR) is 134 cm³/mol. The first-order valence-corrected chi connectivity index (χ1v) is 11.2. The van der Waals surface area contributed by atoms with Crippen LogP contribution in [0.25, 0.3) is 29.5 Å². The van der Waals surface area contributed by atoms with E-state index in [0.29, 0.717) is 23.1 Å². The Morgan fingerprint density at radius 1 is 1.24 bits per heavy atom. The van der Waals surface area contributed by atoms with Crippen LogP contribution in [0.1, 0.15) is 31.0 Å². The van der Waals surface area contributed by atoms with Crippen LogP contribution in [-0.2, 0) is 0 Å². The molecule has 1 aliphatic rings. The molecule has 6 heteroatoms. The Kier molecular flexibility index (Phi) is 6.84. The normalized spacial score (nSPS) is 15.6. The van der Waals surface area contributed by atoms with Crippen LogP contribution in [0.15, 0.2) is 54.8 Å². The molecule has 0 unspecified atom stereocenters. The largest absolute Gasteiger partial charge is 0.339 e. The summed E-state index contributed by atoms with van der Waals surface area (Å²) in [6, 6.07) is 8.42. The highest BCUT2D eigenvalue weighted by molar-refractivity contribution is 5.78. The lowest BCUT2D eigenvalue weighted by Crippen LogP contribution is -2.28. The van der Waals surface area contributed by atoms with E-state index in [9.17, 15) is 4.39 Å². The average Bonchev–Trinajstić information content (AvgIpc) is 3.19. The molecule has 3 N–H and O–H groups in total. The Morgan fingerprint density at radius 3 is 2.79 bits per heavy atom. The van der Waals surface area contributed by atoms with E-state index >= 15 is 0 Å². The summed E-state index contributed by atoms with van der Waals surface area (Å²) in [6.45, 7) is 14.6. The van der Waals surface area contributed by atoms with Crippen molar-refractivity contribution in [2.75, 3.05) is 18.4 Å². The number of H-pyrrole nitrogens is 1. The molecule has 0 atom stereocenters. The van der Waals surface area contributed by atoms with E-state index in [-0.39, 0.29) is 5.82 Å². The summed E-state index contributed by atoms with van der Waals surface area (Å²) in [4.78, 5) is 4.45. The van der Waals surface area contributed by atoms with E-state index in [1.165, 1.54) is 30.5 Å². The van der Waals surface area contributed by atoms with Crippen LogP contribution >= 0.6 is 0 Å². The summed E-state index contributed by atoms with van der Waals surface area (Å²) in [5, 5.41) is 15.8. The first-order chi connectivity index (χ1) is 15.9. The monoisotopic (exact) mass is 443 g/mol. The van der Waals surface area contributed by atoms with Gasteiger partial charge in [0.05, 0.1) is 11.0 Å². The molecule has 170 valence electrons. The molecule has 3 heterocycles. The minimum Gasteiger partial charge on any atom is -0.339 e. The van der Waals surface area contributed by atoms with Gasteiger partial charge in [-0.3, -0.25) is 5.10 Å². The second kappa shape index (κ2) is 9.96. The number of rotatable bonds is 6. The van der Waals surface area contributed by atoms with Crippen LogP contribution in [0, 0.1) is 18.7 Å². The van der Waals surface area contributed by atoms with Gasteiger partial charge in [0.2, 0.25) is 0 Å². The maximum atomic E-state index is 13.7. The molecule has 0 radical (unpaired) electrons. The smallest absolute Gasteiger partial charge is 0.133 e. The number of pyridine rings is 1. The highest BCUT2D eigenvalue weighted by atomic mass is 19.1. The van der Waals surface area contributed by atoms with Crippen molar-refractivity contribution in [3.05, 3.63) is 82.4 Å². The van der Waals surface area contributed by atoms with Crippen LogP contribution in [-0.4, -0.2) is 28.3 Å². The lowest BCUT2D eigenvalue weighted by Gasteiger charge is -2.23. The lowest BCUT2D eigenvalue weighted by atomic mass is 9.91. The molecule has 1 aromatic carbocycles. The van der Waals surface area contributed by atoms with Gasteiger partial charge in [-0.05, 0) is 86.7 Å². The van der Waals surface area contributed by atoms with Crippen LogP contribution in [0.5, 0.6) is 0 Å². The molecule has 0 amide bonds. The van der Waals surface area contributed by atoms with Gasteiger partial charge in [0, 0.05) is 11.4 Å². The molecule has 0 saturated carbocycles. The van der Waals surface area contributed by atoms with E-state index in [2.05, 4.69) is 52.0 Å². The molecular weight excluding hydrogens is 413 g/mol. The highest BCUT2D eigenvalue weighted by Crippen LogP contribution is 2.28.